The number of carbonyl (C=O) groups is 2. The smallest absolute Gasteiger partial charge is 0.237 e. The molecular weight excluding hydrogens is 545 g/mol. The summed E-state index contributed by atoms with van der Waals surface area (Å²) in [6.45, 7) is 9.19. The molecule has 2 aromatic carbocycles. The number of amides is 2. The molecule has 0 aliphatic carbocycles. The molecule has 3 aliphatic rings. The van der Waals surface area contributed by atoms with Crippen LogP contribution in [0, 0.1) is 17.0 Å². The molecule has 39 heavy (non-hydrogen) atoms. The van der Waals surface area contributed by atoms with Crippen LogP contribution in [-0.4, -0.2) is 55.0 Å². The second-order valence-electron chi connectivity index (χ2n) is 12.0. The van der Waals surface area contributed by atoms with Crippen molar-refractivity contribution in [1.82, 2.24) is 15.5 Å². The zero-order chi connectivity index (χ0) is 28.1. The maximum atomic E-state index is 15.8. The lowest BCUT2D eigenvalue weighted by atomic mass is 9.62. The van der Waals surface area contributed by atoms with E-state index < -0.39 is 41.0 Å². The zero-order valence-corrected chi connectivity index (χ0v) is 23.9. The van der Waals surface area contributed by atoms with E-state index in [0.29, 0.717) is 25.1 Å². The van der Waals surface area contributed by atoms with E-state index in [0.717, 1.165) is 25.9 Å². The number of nitrogens with one attached hydrogen (secondary N) is 3. The first-order valence-electron chi connectivity index (χ1n) is 13.4. The molecule has 0 radical (unpaired) electrons. The third kappa shape index (κ3) is 4.94. The molecule has 3 aliphatic heterocycles. The standard InChI is InChI=1S/C29H34Cl2F2N4O2/c1-28(2,3)15-20-29(17-9-10-19(31)23(33)24(17)36-27(29)39)21(16-7-6-8-18(30)22(16)32)25(35-20)26(38)34-11-14-37-12-4-5-13-37/h6-10,20-21,25,35H,4-5,11-15H2,1-3H3,(H,34,38)(H,36,39)/t20-,21+,25-,29+/m1/s1. The number of hydrogen-bond donors (Lipinski definition) is 3. The minimum Gasteiger partial charge on any atom is -0.353 e. The predicted octanol–water partition coefficient (Wildman–Crippen LogP) is 5.23. The van der Waals surface area contributed by atoms with Crippen LogP contribution in [0.4, 0.5) is 14.5 Å². The lowest BCUT2D eigenvalue weighted by molar-refractivity contribution is -0.123. The van der Waals surface area contributed by atoms with Crippen LogP contribution < -0.4 is 16.0 Å². The summed E-state index contributed by atoms with van der Waals surface area (Å²) in [6.07, 6.45) is 2.74. The van der Waals surface area contributed by atoms with Crippen molar-refractivity contribution in [1.29, 1.82) is 0 Å². The van der Waals surface area contributed by atoms with Gasteiger partial charge < -0.3 is 20.9 Å². The molecule has 6 nitrogen and oxygen atoms in total. The quantitative estimate of drug-likeness (QED) is 0.438. The Morgan fingerprint density at radius 1 is 1.10 bits per heavy atom. The Hall–Kier alpha value is -2.26. The van der Waals surface area contributed by atoms with Gasteiger partial charge in [-0.05, 0) is 61.0 Å². The molecule has 5 rings (SSSR count). The number of hydrogen-bond acceptors (Lipinski definition) is 4. The first-order valence-corrected chi connectivity index (χ1v) is 14.2. The highest BCUT2D eigenvalue weighted by Crippen LogP contribution is 2.57. The summed E-state index contributed by atoms with van der Waals surface area (Å²) in [4.78, 5) is 30.2. The van der Waals surface area contributed by atoms with Crippen molar-refractivity contribution in [2.45, 2.75) is 63.5 Å². The van der Waals surface area contributed by atoms with Gasteiger partial charge in [-0.1, -0.05) is 62.2 Å². The summed E-state index contributed by atoms with van der Waals surface area (Å²) in [6, 6.07) is 6.01. The molecule has 3 N–H and O–H groups in total. The molecule has 10 heteroatoms. The van der Waals surface area contributed by atoms with Crippen LogP contribution in [-0.2, 0) is 15.0 Å². The van der Waals surface area contributed by atoms with Gasteiger partial charge in [-0.25, -0.2) is 8.78 Å². The molecule has 2 fully saturated rings. The Labute approximate surface area is 237 Å². The number of fused-ring (bicyclic) bond motifs is 2. The van der Waals surface area contributed by atoms with E-state index in [1.807, 2.05) is 20.8 Å². The van der Waals surface area contributed by atoms with Crippen LogP contribution in [0.5, 0.6) is 0 Å². The van der Waals surface area contributed by atoms with E-state index in [1.54, 1.807) is 18.2 Å². The topological polar surface area (TPSA) is 73.5 Å². The van der Waals surface area contributed by atoms with E-state index in [9.17, 15) is 9.59 Å². The summed E-state index contributed by atoms with van der Waals surface area (Å²) in [5.74, 6) is -3.30. The van der Waals surface area contributed by atoms with E-state index in [-0.39, 0.29) is 32.6 Å². The number of rotatable bonds is 6. The first kappa shape index (κ1) is 28.3. The van der Waals surface area contributed by atoms with Crippen molar-refractivity contribution in [3.63, 3.8) is 0 Å². The highest BCUT2D eigenvalue weighted by molar-refractivity contribution is 6.31. The molecule has 4 atom stereocenters. The molecule has 1 spiro atoms. The second kappa shape index (κ2) is 10.6. The summed E-state index contributed by atoms with van der Waals surface area (Å²) in [5.41, 5.74) is -1.32. The van der Waals surface area contributed by atoms with Crippen LogP contribution in [0.1, 0.15) is 57.1 Å². The first-order chi connectivity index (χ1) is 18.4. The number of carbonyl (C=O) groups excluding carboxylic acids is 2. The minimum atomic E-state index is -1.49. The van der Waals surface area contributed by atoms with Gasteiger partial charge in [0, 0.05) is 25.0 Å². The maximum Gasteiger partial charge on any atom is 0.237 e. The normalized spacial score (nSPS) is 26.7. The molecule has 2 aromatic rings. The summed E-state index contributed by atoms with van der Waals surface area (Å²) in [7, 11) is 0. The van der Waals surface area contributed by atoms with Crippen LogP contribution in [0.3, 0.4) is 0 Å². The molecule has 3 heterocycles. The van der Waals surface area contributed by atoms with Gasteiger partial charge in [-0.3, -0.25) is 9.59 Å². The third-order valence-corrected chi connectivity index (χ3v) is 8.83. The number of anilines is 1. The molecule has 2 saturated heterocycles. The fourth-order valence-electron chi connectivity index (χ4n) is 6.63. The Morgan fingerprint density at radius 2 is 1.79 bits per heavy atom. The lowest BCUT2D eigenvalue weighted by Gasteiger charge is -2.37. The Balaban J connectivity index is 1.64. The Bertz CT molecular complexity index is 1290. The summed E-state index contributed by atoms with van der Waals surface area (Å²) < 4.78 is 31.0. The highest BCUT2D eigenvalue weighted by atomic mass is 35.5. The van der Waals surface area contributed by atoms with Gasteiger partial charge in [0.15, 0.2) is 5.82 Å². The van der Waals surface area contributed by atoms with Crippen molar-refractivity contribution in [2.24, 2.45) is 5.41 Å². The molecule has 0 aromatic heterocycles. The van der Waals surface area contributed by atoms with Crippen molar-refractivity contribution >= 4 is 40.7 Å². The monoisotopic (exact) mass is 578 g/mol. The van der Waals surface area contributed by atoms with Gasteiger partial charge in [0.2, 0.25) is 11.8 Å². The zero-order valence-electron chi connectivity index (χ0n) is 22.3. The van der Waals surface area contributed by atoms with Gasteiger partial charge in [0.05, 0.1) is 21.8 Å². The molecule has 0 unspecified atom stereocenters. The number of likely N-dealkylation sites (tertiary alicyclic amines) is 1. The van der Waals surface area contributed by atoms with Gasteiger partial charge >= 0.3 is 0 Å². The number of nitrogens with zero attached hydrogens (tertiary/aromatic N) is 1. The molecule has 2 amide bonds. The fourth-order valence-corrected chi connectivity index (χ4v) is 6.97. The second-order valence-corrected chi connectivity index (χ2v) is 12.8. The predicted molar refractivity (Wildman–Crippen MR) is 149 cm³/mol. The third-order valence-electron chi connectivity index (χ3n) is 8.25. The van der Waals surface area contributed by atoms with Crippen LogP contribution in [0.25, 0.3) is 0 Å². The van der Waals surface area contributed by atoms with Gasteiger partial charge in [0.1, 0.15) is 11.2 Å². The summed E-state index contributed by atoms with van der Waals surface area (Å²) >= 11 is 12.3. The number of benzene rings is 2. The Kier molecular flexibility index (Phi) is 7.70. The van der Waals surface area contributed by atoms with Gasteiger partial charge in [-0.15, -0.1) is 0 Å². The molecule has 210 valence electrons. The van der Waals surface area contributed by atoms with Crippen molar-refractivity contribution in [3.8, 4) is 0 Å². The maximum absolute atomic E-state index is 15.8. The van der Waals surface area contributed by atoms with Crippen molar-refractivity contribution in [3.05, 3.63) is 63.1 Å². The van der Waals surface area contributed by atoms with E-state index in [2.05, 4.69) is 20.9 Å². The fraction of sp³-hybridized carbons (Fsp3) is 0.517. The van der Waals surface area contributed by atoms with Gasteiger partial charge in [0.25, 0.3) is 0 Å². The number of halogens is 4. The molecule has 0 saturated carbocycles. The van der Waals surface area contributed by atoms with E-state index in [4.69, 9.17) is 23.2 Å². The van der Waals surface area contributed by atoms with Crippen LogP contribution in [0.2, 0.25) is 10.0 Å². The molecular formula is C29H34Cl2F2N4O2. The van der Waals surface area contributed by atoms with E-state index >= 15 is 8.78 Å². The Morgan fingerprint density at radius 3 is 2.49 bits per heavy atom. The van der Waals surface area contributed by atoms with Crippen molar-refractivity contribution in [2.75, 3.05) is 31.5 Å². The van der Waals surface area contributed by atoms with E-state index in [1.165, 1.54) is 12.1 Å². The SMILES string of the molecule is CC(C)(C)C[C@H]1N[C@@H](C(=O)NCCN2CCCC2)[C@H](c2cccc(Cl)c2F)[C@@]12C(=O)Nc1c2ccc(Cl)c1F. The minimum absolute atomic E-state index is 0.0317. The van der Waals surface area contributed by atoms with Crippen LogP contribution in [0.15, 0.2) is 30.3 Å². The highest BCUT2D eigenvalue weighted by Gasteiger charge is 2.66. The van der Waals surface area contributed by atoms with Crippen LogP contribution >= 0.6 is 23.2 Å². The van der Waals surface area contributed by atoms with Crippen molar-refractivity contribution < 1.29 is 18.4 Å². The summed E-state index contributed by atoms with van der Waals surface area (Å²) in [5, 5.41) is 8.86. The van der Waals surface area contributed by atoms with Gasteiger partial charge in [-0.2, -0.15) is 0 Å². The average Bonchev–Trinajstić information content (AvgIpc) is 3.57. The lowest BCUT2D eigenvalue weighted by Crippen LogP contribution is -2.49. The largest absolute Gasteiger partial charge is 0.353 e. The average molecular weight is 580 g/mol. The molecule has 0 bridgehead atoms.